The molecule has 0 aromatic heterocycles. The molecule has 54 valence electrons. The van der Waals surface area contributed by atoms with Crippen LogP contribution in [-0.2, 0) is 9.53 Å². The van der Waals surface area contributed by atoms with E-state index in [2.05, 4.69) is 16.6 Å². The van der Waals surface area contributed by atoms with Crippen molar-refractivity contribution in [2.45, 2.75) is 0 Å². The third-order valence-electron chi connectivity index (χ3n) is 1.16. The van der Waals surface area contributed by atoms with Crippen LogP contribution in [0.4, 0.5) is 0 Å². The molecule has 0 aromatic carbocycles. The van der Waals surface area contributed by atoms with E-state index >= 15 is 0 Å². The molecule has 0 saturated carbocycles. The van der Waals surface area contributed by atoms with Crippen molar-refractivity contribution in [1.82, 2.24) is 5.32 Å². The van der Waals surface area contributed by atoms with Gasteiger partial charge in [0.05, 0.1) is 0 Å². The van der Waals surface area contributed by atoms with E-state index in [1.165, 1.54) is 0 Å². The zero-order valence-corrected chi connectivity index (χ0v) is 5.59. The van der Waals surface area contributed by atoms with Gasteiger partial charge in [-0.3, -0.25) is 0 Å². The SMILES string of the molecule is C=CCNC1=CCOC1=O. The van der Waals surface area contributed by atoms with Crippen LogP contribution >= 0.6 is 0 Å². The summed E-state index contributed by atoms with van der Waals surface area (Å²) in [6.45, 7) is 4.49. The fraction of sp³-hybridized carbons (Fsp3) is 0.286. The minimum Gasteiger partial charge on any atom is -0.457 e. The Balaban J connectivity index is 2.39. The van der Waals surface area contributed by atoms with Gasteiger partial charge in [-0.2, -0.15) is 0 Å². The molecule has 3 nitrogen and oxygen atoms in total. The van der Waals surface area contributed by atoms with Crippen molar-refractivity contribution in [3.63, 3.8) is 0 Å². The van der Waals surface area contributed by atoms with E-state index in [0.29, 0.717) is 18.8 Å². The van der Waals surface area contributed by atoms with E-state index in [4.69, 9.17) is 0 Å². The highest BCUT2D eigenvalue weighted by Gasteiger charge is 2.14. The minimum absolute atomic E-state index is 0.276. The highest BCUT2D eigenvalue weighted by Crippen LogP contribution is 2.01. The molecule has 0 aromatic rings. The van der Waals surface area contributed by atoms with Gasteiger partial charge in [0.15, 0.2) is 0 Å². The molecule has 1 aliphatic heterocycles. The van der Waals surface area contributed by atoms with Crippen LogP contribution in [0.25, 0.3) is 0 Å². The van der Waals surface area contributed by atoms with E-state index in [0.717, 1.165) is 0 Å². The van der Waals surface area contributed by atoms with Crippen LogP contribution in [0.3, 0.4) is 0 Å². The normalized spacial score (nSPS) is 16.0. The Morgan fingerprint density at radius 3 is 3.20 bits per heavy atom. The number of cyclic esters (lactones) is 1. The van der Waals surface area contributed by atoms with Crippen molar-refractivity contribution in [3.8, 4) is 0 Å². The lowest BCUT2D eigenvalue weighted by molar-refractivity contribution is -0.136. The lowest BCUT2D eigenvalue weighted by atomic mass is 10.4. The van der Waals surface area contributed by atoms with Gasteiger partial charge in [-0.15, -0.1) is 6.58 Å². The summed E-state index contributed by atoms with van der Waals surface area (Å²) in [7, 11) is 0. The molecular formula is C7H9NO2. The van der Waals surface area contributed by atoms with Crippen LogP contribution in [0.1, 0.15) is 0 Å². The van der Waals surface area contributed by atoms with Crippen LogP contribution in [0, 0.1) is 0 Å². The summed E-state index contributed by atoms with van der Waals surface area (Å²) in [5.74, 6) is -0.276. The first kappa shape index (κ1) is 6.86. The van der Waals surface area contributed by atoms with E-state index in [1.54, 1.807) is 12.2 Å². The summed E-state index contributed by atoms with van der Waals surface area (Å²) >= 11 is 0. The van der Waals surface area contributed by atoms with E-state index < -0.39 is 0 Å². The Morgan fingerprint density at radius 2 is 2.70 bits per heavy atom. The monoisotopic (exact) mass is 139 g/mol. The number of rotatable bonds is 3. The lowest BCUT2D eigenvalue weighted by Crippen LogP contribution is -2.17. The maximum Gasteiger partial charge on any atom is 0.354 e. The highest BCUT2D eigenvalue weighted by molar-refractivity contribution is 5.89. The van der Waals surface area contributed by atoms with Gasteiger partial charge in [0, 0.05) is 6.54 Å². The fourth-order valence-corrected chi connectivity index (χ4v) is 0.688. The maximum absolute atomic E-state index is 10.7. The Bertz CT molecular complexity index is 184. The third-order valence-corrected chi connectivity index (χ3v) is 1.16. The molecule has 1 heterocycles. The van der Waals surface area contributed by atoms with E-state index in [9.17, 15) is 4.79 Å². The molecule has 0 aliphatic carbocycles. The standard InChI is InChI=1S/C7H9NO2/c1-2-4-8-6-3-5-10-7(6)9/h2-3,8H,1,4-5H2. The predicted octanol–water partition coefficient (Wildman–Crippen LogP) is 0.203. The number of esters is 1. The Kier molecular flexibility index (Phi) is 2.10. The Labute approximate surface area is 59.4 Å². The van der Waals surface area contributed by atoms with Gasteiger partial charge in [0.1, 0.15) is 12.3 Å². The number of hydrogen-bond acceptors (Lipinski definition) is 3. The van der Waals surface area contributed by atoms with Gasteiger partial charge in [0.2, 0.25) is 0 Å². The summed E-state index contributed by atoms with van der Waals surface area (Å²) in [5.41, 5.74) is 0.542. The first-order chi connectivity index (χ1) is 4.84. The van der Waals surface area contributed by atoms with Gasteiger partial charge in [-0.1, -0.05) is 6.08 Å². The summed E-state index contributed by atoms with van der Waals surface area (Å²) in [4.78, 5) is 10.7. The molecular weight excluding hydrogens is 130 g/mol. The van der Waals surface area contributed by atoms with Crippen LogP contribution in [0.5, 0.6) is 0 Å². The average molecular weight is 139 g/mol. The van der Waals surface area contributed by atoms with Crippen LogP contribution < -0.4 is 5.32 Å². The van der Waals surface area contributed by atoms with Gasteiger partial charge in [-0.05, 0) is 6.08 Å². The molecule has 1 N–H and O–H groups in total. The second-order valence-corrected chi connectivity index (χ2v) is 1.89. The molecule has 1 aliphatic rings. The molecule has 0 atom stereocenters. The number of nitrogens with one attached hydrogen (secondary N) is 1. The largest absolute Gasteiger partial charge is 0.457 e. The van der Waals surface area contributed by atoms with Crippen LogP contribution in [0.15, 0.2) is 24.4 Å². The number of carbonyl (C=O) groups is 1. The Hall–Kier alpha value is -1.25. The lowest BCUT2D eigenvalue weighted by Gasteiger charge is -1.98. The van der Waals surface area contributed by atoms with E-state index in [-0.39, 0.29) is 5.97 Å². The smallest absolute Gasteiger partial charge is 0.354 e. The minimum atomic E-state index is -0.276. The molecule has 0 fully saturated rings. The Morgan fingerprint density at radius 1 is 1.90 bits per heavy atom. The first-order valence-corrected chi connectivity index (χ1v) is 3.06. The maximum atomic E-state index is 10.7. The van der Waals surface area contributed by atoms with Crippen molar-refractivity contribution in [2.75, 3.05) is 13.2 Å². The van der Waals surface area contributed by atoms with Crippen molar-refractivity contribution in [1.29, 1.82) is 0 Å². The molecule has 0 saturated heterocycles. The second-order valence-electron chi connectivity index (χ2n) is 1.89. The van der Waals surface area contributed by atoms with Crippen molar-refractivity contribution in [2.24, 2.45) is 0 Å². The van der Waals surface area contributed by atoms with Gasteiger partial charge >= 0.3 is 5.97 Å². The molecule has 0 radical (unpaired) electrons. The molecule has 0 spiro atoms. The number of carbonyl (C=O) groups excluding carboxylic acids is 1. The van der Waals surface area contributed by atoms with Crippen molar-refractivity contribution < 1.29 is 9.53 Å². The molecule has 1 rings (SSSR count). The third kappa shape index (κ3) is 1.37. The topological polar surface area (TPSA) is 38.3 Å². The predicted molar refractivity (Wildman–Crippen MR) is 37.2 cm³/mol. The summed E-state index contributed by atoms with van der Waals surface area (Å²) in [6, 6.07) is 0. The van der Waals surface area contributed by atoms with E-state index in [1.807, 2.05) is 0 Å². The molecule has 3 heteroatoms. The number of ether oxygens (including phenoxy) is 1. The van der Waals surface area contributed by atoms with Gasteiger partial charge in [-0.25, -0.2) is 4.79 Å². The summed E-state index contributed by atoms with van der Waals surface area (Å²) in [5, 5.41) is 2.85. The molecule has 10 heavy (non-hydrogen) atoms. The van der Waals surface area contributed by atoms with Crippen LogP contribution in [-0.4, -0.2) is 19.1 Å². The number of hydrogen-bond donors (Lipinski definition) is 1. The first-order valence-electron chi connectivity index (χ1n) is 3.06. The quantitative estimate of drug-likeness (QED) is 0.448. The zero-order chi connectivity index (χ0) is 7.40. The van der Waals surface area contributed by atoms with Crippen molar-refractivity contribution >= 4 is 5.97 Å². The summed E-state index contributed by atoms with van der Waals surface area (Å²) in [6.07, 6.45) is 3.40. The van der Waals surface area contributed by atoms with Gasteiger partial charge in [0.25, 0.3) is 0 Å². The average Bonchev–Trinajstić information content (AvgIpc) is 2.31. The highest BCUT2D eigenvalue weighted by atomic mass is 16.5. The fourth-order valence-electron chi connectivity index (χ4n) is 0.688. The molecule has 0 unspecified atom stereocenters. The molecule has 0 amide bonds. The summed E-state index contributed by atoms with van der Waals surface area (Å²) < 4.78 is 4.63. The molecule has 0 bridgehead atoms. The zero-order valence-electron chi connectivity index (χ0n) is 5.59. The van der Waals surface area contributed by atoms with Crippen LogP contribution in [0.2, 0.25) is 0 Å². The second kappa shape index (κ2) is 3.06. The van der Waals surface area contributed by atoms with Crippen molar-refractivity contribution in [3.05, 3.63) is 24.4 Å². The van der Waals surface area contributed by atoms with Gasteiger partial charge < -0.3 is 10.1 Å².